The summed E-state index contributed by atoms with van der Waals surface area (Å²) in [4.78, 5) is 14.5. The molecule has 0 radical (unpaired) electrons. The fraction of sp³-hybridized carbons (Fsp3) is 0.278. The highest BCUT2D eigenvalue weighted by molar-refractivity contribution is 7.90. The second kappa shape index (κ2) is 5.94. The zero-order chi connectivity index (χ0) is 17.5. The number of benzene rings is 2. The lowest BCUT2D eigenvalue weighted by Crippen LogP contribution is -2.44. The molecule has 0 N–H and O–H groups in total. The first kappa shape index (κ1) is 16.5. The normalized spacial score (nSPS) is 17.4. The zero-order valence-corrected chi connectivity index (χ0v) is 14.6. The Kier molecular flexibility index (Phi) is 4.09. The van der Waals surface area contributed by atoms with Gasteiger partial charge in [-0.05, 0) is 49.2 Å². The van der Waals surface area contributed by atoms with E-state index in [1.54, 1.807) is 36.1 Å². The Morgan fingerprint density at radius 3 is 2.42 bits per heavy atom. The van der Waals surface area contributed by atoms with Gasteiger partial charge in [-0.25, -0.2) is 8.42 Å². The number of aryl methyl sites for hydroxylation is 1. The number of amides is 1. The van der Waals surface area contributed by atoms with Crippen LogP contribution in [0.25, 0.3) is 0 Å². The maximum absolute atomic E-state index is 12.5. The van der Waals surface area contributed by atoms with E-state index in [1.165, 1.54) is 6.26 Å². The summed E-state index contributed by atoms with van der Waals surface area (Å²) in [5.41, 5.74) is 2.64. The Morgan fingerprint density at radius 1 is 1.12 bits per heavy atom. The van der Waals surface area contributed by atoms with Gasteiger partial charge < -0.3 is 9.64 Å². The number of hydrogen-bond acceptors (Lipinski definition) is 4. The fourth-order valence-electron chi connectivity index (χ4n) is 2.70. The third-order valence-electron chi connectivity index (χ3n) is 4.01. The standard InChI is InChI=1S/C18H19NO4S/c1-12-4-9-17-16(10-12)19(18(20)13(2)23-17)11-14-5-7-15(8-6-14)24(3,21)22/h4-10,13H,11H2,1-3H3. The second-order valence-electron chi connectivity index (χ2n) is 6.07. The topological polar surface area (TPSA) is 63.7 Å². The molecule has 1 unspecified atom stereocenters. The van der Waals surface area contributed by atoms with E-state index in [-0.39, 0.29) is 10.8 Å². The van der Waals surface area contributed by atoms with Crippen molar-refractivity contribution in [2.75, 3.05) is 11.2 Å². The Morgan fingerprint density at radius 2 is 1.79 bits per heavy atom. The van der Waals surface area contributed by atoms with Crippen LogP contribution in [0.2, 0.25) is 0 Å². The van der Waals surface area contributed by atoms with Crippen LogP contribution in [0.3, 0.4) is 0 Å². The van der Waals surface area contributed by atoms with E-state index in [0.29, 0.717) is 12.3 Å². The van der Waals surface area contributed by atoms with Gasteiger partial charge in [-0.3, -0.25) is 4.79 Å². The van der Waals surface area contributed by atoms with Gasteiger partial charge in [0.15, 0.2) is 15.9 Å². The first-order chi connectivity index (χ1) is 11.3. The van der Waals surface area contributed by atoms with Crippen LogP contribution in [-0.2, 0) is 21.2 Å². The molecule has 5 nitrogen and oxygen atoms in total. The lowest BCUT2D eigenvalue weighted by Gasteiger charge is -2.33. The maximum Gasteiger partial charge on any atom is 0.268 e. The van der Waals surface area contributed by atoms with Crippen molar-refractivity contribution < 1.29 is 17.9 Å². The van der Waals surface area contributed by atoms with Gasteiger partial charge in [0, 0.05) is 6.26 Å². The number of sulfone groups is 1. The van der Waals surface area contributed by atoms with Crippen LogP contribution in [-0.4, -0.2) is 26.7 Å². The molecular weight excluding hydrogens is 326 g/mol. The number of fused-ring (bicyclic) bond motifs is 1. The van der Waals surface area contributed by atoms with Crippen molar-refractivity contribution in [1.29, 1.82) is 0 Å². The van der Waals surface area contributed by atoms with Gasteiger partial charge in [0.2, 0.25) is 0 Å². The minimum absolute atomic E-state index is 0.111. The van der Waals surface area contributed by atoms with E-state index in [1.807, 2.05) is 25.1 Å². The van der Waals surface area contributed by atoms with E-state index < -0.39 is 15.9 Å². The predicted molar refractivity (Wildman–Crippen MR) is 92.0 cm³/mol. The molecule has 0 spiro atoms. The lowest BCUT2D eigenvalue weighted by atomic mass is 10.1. The number of carbonyl (C=O) groups excluding carboxylic acids is 1. The van der Waals surface area contributed by atoms with Crippen molar-refractivity contribution in [2.45, 2.75) is 31.4 Å². The Bertz CT molecular complexity index is 888. The predicted octanol–water partition coefficient (Wildman–Crippen LogP) is 2.71. The highest BCUT2D eigenvalue weighted by Crippen LogP contribution is 2.35. The molecule has 6 heteroatoms. The van der Waals surface area contributed by atoms with Crippen LogP contribution in [0, 0.1) is 6.92 Å². The van der Waals surface area contributed by atoms with E-state index >= 15 is 0 Å². The molecule has 0 aromatic heterocycles. The van der Waals surface area contributed by atoms with Crippen molar-refractivity contribution >= 4 is 21.4 Å². The first-order valence-corrected chi connectivity index (χ1v) is 9.52. The summed E-state index contributed by atoms with van der Waals surface area (Å²) >= 11 is 0. The van der Waals surface area contributed by atoms with Crippen LogP contribution in [0.1, 0.15) is 18.1 Å². The monoisotopic (exact) mass is 345 g/mol. The molecule has 2 aromatic rings. The van der Waals surface area contributed by atoms with Crippen LogP contribution < -0.4 is 9.64 Å². The number of hydrogen-bond donors (Lipinski definition) is 0. The molecule has 0 saturated heterocycles. The third kappa shape index (κ3) is 3.14. The minimum atomic E-state index is -3.23. The van der Waals surface area contributed by atoms with E-state index in [0.717, 1.165) is 16.8 Å². The van der Waals surface area contributed by atoms with Crippen LogP contribution >= 0.6 is 0 Å². The van der Waals surface area contributed by atoms with Crippen molar-refractivity contribution in [1.82, 2.24) is 0 Å². The summed E-state index contributed by atoms with van der Waals surface area (Å²) in [7, 11) is -3.23. The summed E-state index contributed by atoms with van der Waals surface area (Å²) in [6, 6.07) is 12.3. The van der Waals surface area contributed by atoms with Gasteiger partial charge in [0.25, 0.3) is 5.91 Å². The molecule has 0 bridgehead atoms. The number of carbonyl (C=O) groups is 1. The van der Waals surface area contributed by atoms with Gasteiger partial charge in [-0.15, -0.1) is 0 Å². The molecule has 24 heavy (non-hydrogen) atoms. The Hall–Kier alpha value is -2.34. The van der Waals surface area contributed by atoms with Gasteiger partial charge in [0.05, 0.1) is 17.1 Å². The summed E-state index contributed by atoms with van der Waals surface area (Å²) in [5.74, 6) is 0.570. The fourth-order valence-corrected chi connectivity index (χ4v) is 3.34. The molecule has 1 aliphatic rings. The average Bonchev–Trinajstić information content (AvgIpc) is 2.52. The molecular formula is C18H19NO4S. The van der Waals surface area contributed by atoms with Crippen molar-refractivity contribution in [3.8, 4) is 5.75 Å². The maximum atomic E-state index is 12.5. The number of ether oxygens (including phenoxy) is 1. The quantitative estimate of drug-likeness (QED) is 0.858. The first-order valence-electron chi connectivity index (χ1n) is 7.63. The van der Waals surface area contributed by atoms with Crippen molar-refractivity contribution in [2.24, 2.45) is 0 Å². The number of nitrogens with zero attached hydrogens (tertiary/aromatic N) is 1. The molecule has 1 atom stereocenters. The highest BCUT2D eigenvalue weighted by atomic mass is 32.2. The van der Waals surface area contributed by atoms with Crippen LogP contribution in [0.4, 0.5) is 5.69 Å². The van der Waals surface area contributed by atoms with Gasteiger partial charge in [-0.2, -0.15) is 0 Å². The highest BCUT2D eigenvalue weighted by Gasteiger charge is 2.31. The molecule has 0 aliphatic carbocycles. The molecule has 1 aliphatic heterocycles. The van der Waals surface area contributed by atoms with E-state index in [2.05, 4.69) is 0 Å². The zero-order valence-electron chi connectivity index (χ0n) is 13.8. The molecule has 1 heterocycles. The smallest absolute Gasteiger partial charge is 0.268 e. The summed E-state index contributed by atoms with van der Waals surface area (Å²) in [6.45, 7) is 4.06. The second-order valence-corrected chi connectivity index (χ2v) is 8.09. The van der Waals surface area contributed by atoms with Gasteiger partial charge >= 0.3 is 0 Å². The van der Waals surface area contributed by atoms with Crippen molar-refractivity contribution in [3.63, 3.8) is 0 Å². The Balaban J connectivity index is 1.94. The Labute approximate surface area is 141 Å². The molecule has 0 saturated carbocycles. The molecule has 1 amide bonds. The molecule has 3 rings (SSSR count). The average molecular weight is 345 g/mol. The lowest BCUT2D eigenvalue weighted by molar-refractivity contribution is -0.125. The molecule has 0 fully saturated rings. The summed E-state index contributed by atoms with van der Waals surface area (Å²) < 4.78 is 28.8. The van der Waals surface area contributed by atoms with Crippen molar-refractivity contribution in [3.05, 3.63) is 53.6 Å². The van der Waals surface area contributed by atoms with Gasteiger partial charge in [-0.1, -0.05) is 18.2 Å². The summed E-state index contributed by atoms with van der Waals surface area (Å²) in [5, 5.41) is 0. The van der Waals surface area contributed by atoms with Crippen LogP contribution in [0.15, 0.2) is 47.4 Å². The van der Waals surface area contributed by atoms with E-state index in [9.17, 15) is 13.2 Å². The van der Waals surface area contributed by atoms with Crippen LogP contribution in [0.5, 0.6) is 5.75 Å². The molecule has 126 valence electrons. The SMILES string of the molecule is Cc1ccc2c(c1)N(Cc1ccc(S(C)(=O)=O)cc1)C(=O)C(C)O2. The largest absolute Gasteiger partial charge is 0.479 e. The summed E-state index contributed by atoms with van der Waals surface area (Å²) in [6.07, 6.45) is 0.629. The molecule has 2 aromatic carbocycles. The van der Waals surface area contributed by atoms with E-state index in [4.69, 9.17) is 4.74 Å². The number of anilines is 1. The minimum Gasteiger partial charge on any atom is -0.479 e. The number of rotatable bonds is 3. The third-order valence-corrected chi connectivity index (χ3v) is 5.14. The van der Waals surface area contributed by atoms with Gasteiger partial charge in [0.1, 0.15) is 5.75 Å².